The Kier molecular flexibility index (Phi) is 4.57. The van der Waals surface area contributed by atoms with Crippen molar-refractivity contribution < 1.29 is 18.8 Å². The number of hydrogen-bond acceptors (Lipinski definition) is 5. The number of furan rings is 1. The van der Waals surface area contributed by atoms with Gasteiger partial charge >= 0.3 is 0 Å². The lowest BCUT2D eigenvalue weighted by atomic mass is 10.2. The van der Waals surface area contributed by atoms with Gasteiger partial charge in [-0.1, -0.05) is 12.1 Å². The summed E-state index contributed by atoms with van der Waals surface area (Å²) in [5, 5.41) is 4.97. The molecule has 4 N–H and O–H groups in total. The zero-order valence-corrected chi connectivity index (χ0v) is 13.4. The summed E-state index contributed by atoms with van der Waals surface area (Å²) in [4.78, 5) is 36.0. The minimum absolute atomic E-state index is 0.0498. The van der Waals surface area contributed by atoms with E-state index < -0.39 is 11.2 Å². The molecule has 1 aromatic carbocycles. The number of thioether (sulfide) groups is 1. The number of para-hydroxylation sites is 1. The summed E-state index contributed by atoms with van der Waals surface area (Å²) in [6, 6.07) is 8.92. The number of hydrogen-bond donors (Lipinski definition) is 3. The summed E-state index contributed by atoms with van der Waals surface area (Å²) in [5.74, 6) is -0.643. The van der Waals surface area contributed by atoms with Crippen molar-refractivity contribution in [3.63, 3.8) is 0 Å². The third-order valence-corrected chi connectivity index (χ3v) is 4.75. The molecule has 7 nitrogen and oxygen atoms in total. The molecular formula is C16H15N3O4S. The zero-order valence-electron chi connectivity index (χ0n) is 12.6. The molecule has 1 atom stereocenters. The van der Waals surface area contributed by atoms with Crippen LogP contribution >= 0.6 is 11.8 Å². The van der Waals surface area contributed by atoms with E-state index in [2.05, 4.69) is 10.6 Å². The van der Waals surface area contributed by atoms with Gasteiger partial charge in [0.05, 0.1) is 23.0 Å². The van der Waals surface area contributed by atoms with Crippen LogP contribution in [-0.4, -0.2) is 23.0 Å². The second-order valence-electron chi connectivity index (χ2n) is 5.24. The summed E-state index contributed by atoms with van der Waals surface area (Å²) in [6.45, 7) is 0.127. The molecule has 0 radical (unpaired) electrons. The molecule has 1 unspecified atom stereocenters. The second-order valence-corrected chi connectivity index (χ2v) is 6.48. The van der Waals surface area contributed by atoms with Gasteiger partial charge in [-0.2, -0.15) is 0 Å². The maximum atomic E-state index is 12.1. The number of primary amides is 1. The number of fused-ring (bicyclic) bond motifs is 1. The van der Waals surface area contributed by atoms with Gasteiger partial charge in [0.2, 0.25) is 11.8 Å². The highest BCUT2D eigenvalue weighted by Gasteiger charge is 2.28. The highest BCUT2D eigenvalue weighted by Crippen LogP contribution is 2.36. The molecule has 8 heteroatoms. The number of nitrogens with one attached hydrogen (secondary N) is 2. The van der Waals surface area contributed by atoms with E-state index in [4.69, 9.17) is 10.2 Å². The Labute approximate surface area is 142 Å². The van der Waals surface area contributed by atoms with Crippen LogP contribution in [0, 0.1) is 0 Å². The van der Waals surface area contributed by atoms with Gasteiger partial charge < -0.3 is 20.8 Å². The van der Waals surface area contributed by atoms with Crippen molar-refractivity contribution in [2.45, 2.75) is 23.1 Å². The predicted octanol–water partition coefficient (Wildman–Crippen LogP) is 1.50. The molecule has 0 saturated heterocycles. The molecule has 0 saturated carbocycles. The SMILES string of the molecule is NC(=O)c1coc(CNC(=O)CC2Sc3ccccc3NC2=O)c1. The summed E-state index contributed by atoms with van der Waals surface area (Å²) in [7, 11) is 0. The largest absolute Gasteiger partial charge is 0.467 e. The van der Waals surface area contributed by atoms with E-state index in [-0.39, 0.29) is 30.3 Å². The predicted molar refractivity (Wildman–Crippen MR) is 88.4 cm³/mol. The van der Waals surface area contributed by atoms with E-state index in [0.29, 0.717) is 5.76 Å². The molecule has 2 aromatic rings. The third kappa shape index (κ3) is 3.60. The molecule has 2 heterocycles. The van der Waals surface area contributed by atoms with Gasteiger partial charge in [0, 0.05) is 11.3 Å². The Morgan fingerprint density at radius 1 is 1.33 bits per heavy atom. The molecule has 1 aliphatic heterocycles. The first-order valence-electron chi connectivity index (χ1n) is 7.23. The van der Waals surface area contributed by atoms with Gasteiger partial charge in [0.25, 0.3) is 5.91 Å². The molecule has 0 aliphatic carbocycles. The highest BCUT2D eigenvalue weighted by molar-refractivity contribution is 8.01. The first-order valence-corrected chi connectivity index (χ1v) is 8.11. The molecule has 1 aromatic heterocycles. The van der Waals surface area contributed by atoms with Crippen LogP contribution in [0.15, 0.2) is 45.9 Å². The lowest BCUT2D eigenvalue weighted by molar-refractivity contribution is -0.124. The van der Waals surface area contributed by atoms with Crippen molar-refractivity contribution in [3.8, 4) is 0 Å². The first-order chi connectivity index (χ1) is 11.5. The molecule has 1 aliphatic rings. The molecule has 124 valence electrons. The van der Waals surface area contributed by atoms with Crippen molar-refractivity contribution >= 4 is 35.2 Å². The Balaban J connectivity index is 1.55. The molecule has 3 amide bonds. The molecule has 3 rings (SSSR count). The van der Waals surface area contributed by atoms with E-state index in [9.17, 15) is 14.4 Å². The fourth-order valence-corrected chi connectivity index (χ4v) is 3.37. The van der Waals surface area contributed by atoms with Crippen LogP contribution in [0.5, 0.6) is 0 Å². The number of carbonyl (C=O) groups excluding carboxylic acids is 3. The molecule has 24 heavy (non-hydrogen) atoms. The van der Waals surface area contributed by atoms with E-state index in [1.54, 1.807) is 0 Å². The first kappa shape index (κ1) is 16.1. The van der Waals surface area contributed by atoms with Gasteiger partial charge in [-0.3, -0.25) is 14.4 Å². The van der Waals surface area contributed by atoms with E-state index in [0.717, 1.165) is 10.6 Å². The number of benzene rings is 1. The van der Waals surface area contributed by atoms with E-state index in [1.165, 1.54) is 24.1 Å². The topological polar surface area (TPSA) is 114 Å². The van der Waals surface area contributed by atoms with Crippen LogP contribution in [0.3, 0.4) is 0 Å². The molecule has 0 spiro atoms. The summed E-state index contributed by atoms with van der Waals surface area (Å²) >= 11 is 1.37. The Bertz CT molecular complexity index is 802. The minimum atomic E-state index is -0.592. The van der Waals surface area contributed by atoms with Crippen molar-refractivity contribution in [1.29, 1.82) is 0 Å². The van der Waals surface area contributed by atoms with E-state index >= 15 is 0 Å². The third-order valence-electron chi connectivity index (χ3n) is 3.48. The van der Waals surface area contributed by atoms with Gasteiger partial charge in [0.15, 0.2) is 0 Å². The average Bonchev–Trinajstić information content (AvgIpc) is 3.03. The normalized spacial score (nSPS) is 16.2. The monoisotopic (exact) mass is 345 g/mol. The van der Waals surface area contributed by atoms with Gasteiger partial charge in [-0.15, -0.1) is 11.8 Å². The van der Waals surface area contributed by atoms with Crippen LogP contribution < -0.4 is 16.4 Å². The lowest BCUT2D eigenvalue weighted by Gasteiger charge is -2.23. The molecular weight excluding hydrogens is 330 g/mol. The van der Waals surface area contributed by atoms with Gasteiger partial charge in [-0.05, 0) is 18.2 Å². The highest BCUT2D eigenvalue weighted by atomic mass is 32.2. The van der Waals surface area contributed by atoms with Crippen LogP contribution in [-0.2, 0) is 16.1 Å². The maximum Gasteiger partial charge on any atom is 0.251 e. The standard InChI is InChI=1S/C16H15N3O4S/c17-15(21)9-5-10(23-8-9)7-18-14(20)6-13-16(22)19-11-3-1-2-4-12(11)24-13/h1-5,8,13H,6-7H2,(H2,17,21)(H,18,20)(H,19,22). The number of anilines is 1. The van der Waals surface area contributed by atoms with Crippen molar-refractivity contribution in [2.75, 3.05) is 5.32 Å². The Morgan fingerprint density at radius 3 is 2.88 bits per heavy atom. The van der Waals surface area contributed by atoms with Crippen molar-refractivity contribution in [2.24, 2.45) is 5.73 Å². The van der Waals surface area contributed by atoms with Crippen molar-refractivity contribution in [1.82, 2.24) is 5.32 Å². The maximum absolute atomic E-state index is 12.1. The fourth-order valence-electron chi connectivity index (χ4n) is 2.26. The smallest absolute Gasteiger partial charge is 0.251 e. The quantitative estimate of drug-likeness (QED) is 0.760. The van der Waals surface area contributed by atoms with Crippen LogP contribution in [0.4, 0.5) is 5.69 Å². The number of nitrogens with two attached hydrogens (primary N) is 1. The number of rotatable bonds is 5. The number of amides is 3. The summed E-state index contributed by atoms with van der Waals surface area (Å²) in [5.41, 5.74) is 6.14. The lowest BCUT2D eigenvalue weighted by Crippen LogP contribution is -2.34. The van der Waals surface area contributed by atoms with Gasteiger partial charge in [0.1, 0.15) is 12.0 Å². The van der Waals surface area contributed by atoms with Crippen LogP contribution in [0.2, 0.25) is 0 Å². The summed E-state index contributed by atoms with van der Waals surface area (Å²) in [6.07, 6.45) is 1.29. The molecule has 0 fully saturated rings. The number of carbonyl (C=O) groups is 3. The fraction of sp³-hybridized carbons (Fsp3) is 0.188. The van der Waals surface area contributed by atoms with Crippen molar-refractivity contribution in [3.05, 3.63) is 47.9 Å². The summed E-state index contributed by atoms with van der Waals surface area (Å²) < 4.78 is 5.13. The average molecular weight is 345 g/mol. The second kappa shape index (κ2) is 6.79. The molecule has 0 bridgehead atoms. The zero-order chi connectivity index (χ0) is 17.1. The minimum Gasteiger partial charge on any atom is -0.467 e. The van der Waals surface area contributed by atoms with E-state index in [1.807, 2.05) is 24.3 Å². The van der Waals surface area contributed by atoms with Crippen LogP contribution in [0.1, 0.15) is 22.5 Å². The van der Waals surface area contributed by atoms with Crippen LogP contribution in [0.25, 0.3) is 0 Å². The Morgan fingerprint density at radius 2 is 2.12 bits per heavy atom. The van der Waals surface area contributed by atoms with Gasteiger partial charge in [-0.25, -0.2) is 0 Å². The Hall–Kier alpha value is -2.74.